The Morgan fingerprint density at radius 3 is 2.44 bits per heavy atom. The molecular formula is C11H18N2O2S. The van der Waals surface area contributed by atoms with Crippen molar-refractivity contribution in [2.45, 2.75) is 31.7 Å². The Kier molecular flexibility index (Phi) is 3.17. The van der Waals surface area contributed by atoms with E-state index in [1.807, 2.05) is 11.9 Å². The molecule has 0 aromatic carbocycles. The van der Waals surface area contributed by atoms with Crippen molar-refractivity contribution in [1.82, 2.24) is 4.90 Å². The summed E-state index contributed by atoms with van der Waals surface area (Å²) in [6, 6.07) is 0.285. The Morgan fingerprint density at radius 2 is 2.00 bits per heavy atom. The first-order valence-electron chi connectivity index (χ1n) is 5.73. The Morgan fingerprint density at radius 1 is 1.44 bits per heavy atom. The minimum atomic E-state index is -0.512. The minimum Gasteiger partial charge on any atom is -0.392 e. The SMILES string of the molecule is CN(C(=O)C1(C(N)=S)CC1)C1CCOCC1. The standard InChI is InChI=1S/C11H18N2O2S/c1-13(8-2-6-15-7-3-8)10(14)11(4-5-11)9(12)16/h8H,2-7H2,1H3,(H2,12,16). The highest BCUT2D eigenvalue weighted by Crippen LogP contribution is 2.47. The number of carbonyl (C=O) groups excluding carboxylic acids is 1. The summed E-state index contributed by atoms with van der Waals surface area (Å²) < 4.78 is 5.29. The number of rotatable bonds is 3. The zero-order chi connectivity index (χ0) is 11.8. The highest BCUT2D eigenvalue weighted by molar-refractivity contribution is 7.80. The monoisotopic (exact) mass is 242 g/mol. The molecule has 0 atom stereocenters. The molecule has 1 saturated heterocycles. The predicted octanol–water partition coefficient (Wildman–Crippen LogP) is 0.690. The van der Waals surface area contributed by atoms with Crippen LogP contribution in [-0.4, -0.2) is 42.1 Å². The van der Waals surface area contributed by atoms with Gasteiger partial charge in [-0.1, -0.05) is 12.2 Å². The lowest BCUT2D eigenvalue weighted by atomic mass is 10.0. The van der Waals surface area contributed by atoms with Crippen LogP contribution in [0.5, 0.6) is 0 Å². The molecule has 1 heterocycles. The van der Waals surface area contributed by atoms with Gasteiger partial charge in [0, 0.05) is 26.3 Å². The molecule has 4 nitrogen and oxygen atoms in total. The Hall–Kier alpha value is -0.680. The van der Waals surface area contributed by atoms with E-state index in [0.717, 1.165) is 38.9 Å². The summed E-state index contributed by atoms with van der Waals surface area (Å²) in [5, 5.41) is 0. The summed E-state index contributed by atoms with van der Waals surface area (Å²) in [5.74, 6) is 0.104. The van der Waals surface area contributed by atoms with Gasteiger partial charge in [-0.15, -0.1) is 0 Å². The molecule has 16 heavy (non-hydrogen) atoms. The van der Waals surface area contributed by atoms with Crippen LogP contribution >= 0.6 is 12.2 Å². The molecule has 0 aromatic rings. The third-order valence-electron chi connectivity index (χ3n) is 3.69. The van der Waals surface area contributed by atoms with Gasteiger partial charge in [-0.3, -0.25) is 4.79 Å². The van der Waals surface area contributed by atoms with E-state index in [4.69, 9.17) is 22.7 Å². The molecule has 0 bridgehead atoms. The summed E-state index contributed by atoms with van der Waals surface area (Å²) in [7, 11) is 1.86. The summed E-state index contributed by atoms with van der Waals surface area (Å²) in [6.45, 7) is 1.48. The maximum Gasteiger partial charge on any atom is 0.235 e. The molecule has 2 N–H and O–H groups in total. The van der Waals surface area contributed by atoms with Gasteiger partial charge in [0.2, 0.25) is 5.91 Å². The van der Waals surface area contributed by atoms with Crippen molar-refractivity contribution in [3.05, 3.63) is 0 Å². The van der Waals surface area contributed by atoms with E-state index >= 15 is 0 Å². The van der Waals surface area contributed by atoms with Crippen molar-refractivity contribution in [1.29, 1.82) is 0 Å². The molecule has 5 heteroatoms. The first-order valence-corrected chi connectivity index (χ1v) is 6.14. The van der Waals surface area contributed by atoms with Gasteiger partial charge in [0.1, 0.15) is 0 Å². The van der Waals surface area contributed by atoms with Gasteiger partial charge in [0.15, 0.2) is 0 Å². The number of amides is 1. The van der Waals surface area contributed by atoms with Crippen molar-refractivity contribution in [3.63, 3.8) is 0 Å². The van der Waals surface area contributed by atoms with Crippen LogP contribution in [0, 0.1) is 5.41 Å². The van der Waals surface area contributed by atoms with Gasteiger partial charge in [0.25, 0.3) is 0 Å². The van der Waals surface area contributed by atoms with E-state index in [9.17, 15) is 4.79 Å². The van der Waals surface area contributed by atoms with E-state index in [2.05, 4.69) is 0 Å². The van der Waals surface area contributed by atoms with E-state index in [1.165, 1.54) is 0 Å². The van der Waals surface area contributed by atoms with Gasteiger partial charge in [-0.25, -0.2) is 0 Å². The summed E-state index contributed by atoms with van der Waals surface area (Å²) in [6.07, 6.45) is 3.45. The Bertz CT molecular complexity index is 309. The number of thiocarbonyl (C=S) groups is 1. The molecular weight excluding hydrogens is 224 g/mol. The van der Waals surface area contributed by atoms with Crippen LogP contribution in [-0.2, 0) is 9.53 Å². The molecule has 0 spiro atoms. The fourth-order valence-corrected chi connectivity index (χ4v) is 2.56. The van der Waals surface area contributed by atoms with Gasteiger partial charge in [0.05, 0.1) is 10.4 Å². The van der Waals surface area contributed by atoms with E-state index < -0.39 is 5.41 Å². The second-order valence-electron chi connectivity index (χ2n) is 4.71. The summed E-state index contributed by atoms with van der Waals surface area (Å²) in [5.41, 5.74) is 5.15. The first kappa shape index (κ1) is 11.8. The van der Waals surface area contributed by atoms with Gasteiger partial charge in [-0.05, 0) is 25.7 Å². The number of nitrogens with two attached hydrogens (primary N) is 1. The van der Waals surface area contributed by atoms with Crippen molar-refractivity contribution < 1.29 is 9.53 Å². The lowest BCUT2D eigenvalue weighted by Gasteiger charge is -2.33. The lowest BCUT2D eigenvalue weighted by molar-refractivity contribution is -0.136. The van der Waals surface area contributed by atoms with E-state index in [-0.39, 0.29) is 11.9 Å². The number of nitrogens with zero attached hydrogens (tertiary/aromatic N) is 1. The largest absolute Gasteiger partial charge is 0.392 e. The molecule has 0 aromatic heterocycles. The Labute approximate surface area is 101 Å². The zero-order valence-corrected chi connectivity index (χ0v) is 10.4. The van der Waals surface area contributed by atoms with Crippen LogP contribution in [0.3, 0.4) is 0 Å². The zero-order valence-electron chi connectivity index (χ0n) is 9.57. The van der Waals surface area contributed by atoms with Crippen LogP contribution < -0.4 is 5.73 Å². The molecule has 1 amide bonds. The van der Waals surface area contributed by atoms with E-state index in [0.29, 0.717) is 4.99 Å². The summed E-state index contributed by atoms with van der Waals surface area (Å²) in [4.78, 5) is 14.5. The van der Waals surface area contributed by atoms with Crippen LogP contribution in [0.1, 0.15) is 25.7 Å². The molecule has 2 fully saturated rings. The fraction of sp³-hybridized carbons (Fsp3) is 0.818. The number of hydrogen-bond acceptors (Lipinski definition) is 3. The topological polar surface area (TPSA) is 55.6 Å². The fourth-order valence-electron chi connectivity index (χ4n) is 2.27. The lowest BCUT2D eigenvalue weighted by Crippen LogP contribution is -2.47. The van der Waals surface area contributed by atoms with E-state index in [1.54, 1.807) is 0 Å². The maximum absolute atomic E-state index is 12.3. The average Bonchev–Trinajstić information content (AvgIpc) is 3.09. The number of hydrogen-bond donors (Lipinski definition) is 1. The Balaban J connectivity index is 2.01. The summed E-state index contributed by atoms with van der Waals surface area (Å²) >= 11 is 5.00. The van der Waals surface area contributed by atoms with Crippen LogP contribution in [0.4, 0.5) is 0 Å². The van der Waals surface area contributed by atoms with Gasteiger partial charge < -0.3 is 15.4 Å². The molecule has 90 valence electrons. The highest BCUT2D eigenvalue weighted by atomic mass is 32.1. The van der Waals surface area contributed by atoms with Crippen LogP contribution in [0.15, 0.2) is 0 Å². The highest BCUT2D eigenvalue weighted by Gasteiger charge is 2.54. The third-order valence-corrected chi connectivity index (χ3v) is 4.08. The third kappa shape index (κ3) is 1.94. The second kappa shape index (κ2) is 4.30. The van der Waals surface area contributed by atoms with Crippen LogP contribution in [0.2, 0.25) is 0 Å². The van der Waals surface area contributed by atoms with Gasteiger partial charge in [-0.2, -0.15) is 0 Å². The molecule has 2 rings (SSSR count). The smallest absolute Gasteiger partial charge is 0.235 e. The van der Waals surface area contributed by atoms with Gasteiger partial charge >= 0.3 is 0 Å². The average molecular weight is 242 g/mol. The first-order chi connectivity index (χ1) is 7.58. The molecule has 0 radical (unpaired) electrons. The maximum atomic E-state index is 12.3. The molecule has 1 saturated carbocycles. The molecule has 2 aliphatic rings. The number of ether oxygens (including phenoxy) is 1. The van der Waals surface area contributed by atoms with Crippen LogP contribution in [0.25, 0.3) is 0 Å². The van der Waals surface area contributed by atoms with Crippen molar-refractivity contribution in [2.24, 2.45) is 11.1 Å². The quantitative estimate of drug-likeness (QED) is 0.740. The molecule has 0 unspecified atom stereocenters. The van der Waals surface area contributed by atoms with Crippen molar-refractivity contribution >= 4 is 23.1 Å². The molecule has 1 aliphatic heterocycles. The molecule has 1 aliphatic carbocycles. The minimum absolute atomic E-state index is 0.104. The second-order valence-corrected chi connectivity index (χ2v) is 5.15. The normalized spacial score (nSPS) is 23.8. The van der Waals surface area contributed by atoms with Crippen molar-refractivity contribution in [2.75, 3.05) is 20.3 Å². The van der Waals surface area contributed by atoms with Crippen molar-refractivity contribution in [3.8, 4) is 0 Å². The predicted molar refractivity (Wildman–Crippen MR) is 65.1 cm³/mol. The number of carbonyl (C=O) groups is 1.